The van der Waals surface area contributed by atoms with Crippen molar-refractivity contribution in [1.82, 2.24) is 9.55 Å². The van der Waals surface area contributed by atoms with Crippen LogP contribution in [0.25, 0.3) is 11.0 Å². The van der Waals surface area contributed by atoms with Crippen LogP contribution in [0, 0.1) is 11.7 Å². The van der Waals surface area contributed by atoms with E-state index in [0.29, 0.717) is 16.3 Å². The molecule has 16 heavy (non-hydrogen) atoms. The Hall–Kier alpha value is -1.10. The molecule has 1 fully saturated rings. The van der Waals surface area contributed by atoms with E-state index < -0.39 is 0 Å². The maximum atomic E-state index is 13.5. The standard InChI is InChI=1S/C11H11BrFN3/c12-7-3-9-10(4-8(7)13)16(11(14)15-9)5-6-1-2-6/h3-4,6H,1-2,5H2,(H2,14,15). The number of aromatic nitrogens is 2. The van der Waals surface area contributed by atoms with Gasteiger partial charge < -0.3 is 10.3 Å². The first-order valence-corrected chi connectivity index (χ1v) is 6.05. The van der Waals surface area contributed by atoms with Crippen molar-refractivity contribution in [2.24, 2.45) is 5.92 Å². The van der Waals surface area contributed by atoms with Crippen LogP contribution in [0.3, 0.4) is 0 Å². The number of nitrogens with two attached hydrogens (primary N) is 1. The molecule has 0 radical (unpaired) electrons. The van der Waals surface area contributed by atoms with Gasteiger partial charge in [0.25, 0.3) is 0 Å². The molecule has 2 aromatic rings. The molecule has 0 spiro atoms. The zero-order valence-electron chi connectivity index (χ0n) is 8.58. The second-order valence-corrected chi connectivity index (χ2v) is 5.13. The molecule has 84 valence electrons. The minimum atomic E-state index is -0.274. The van der Waals surface area contributed by atoms with Crippen LogP contribution in [-0.4, -0.2) is 9.55 Å². The lowest BCUT2D eigenvalue weighted by molar-refractivity contribution is 0.617. The van der Waals surface area contributed by atoms with E-state index in [2.05, 4.69) is 20.9 Å². The third-order valence-electron chi connectivity index (χ3n) is 2.96. The molecule has 0 amide bonds. The van der Waals surface area contributed by atoms with Crippen LogP contribution in [-0.2, 0) is 6.54 Å². The number of hydrogen-bond donors (Lipinski definition) is 1. The molecule has 3 nitrogen and oxygen atoms in total. The third kappa shape index (κ3) is 1.59. The van der Waals surface area contributed by atoms with Gasteiger partial charge in [-0.2, -0.15) is 0 Å². The lowest BCUT2D eigenvalue weighted by Gasteiger charge is -2.04. The first kappa shape index (κ1) is 10.1. The average molecular weight is 284 g/mol. The fourth-order valence-electron chi connectivity index (χ4n) is 1.89. The summed E-state index contributed by atoms with van der Waals surface area (Å²) in [5.74, 6) is 0.884. The number of rotatable bonds is 2. The fraction of sp³-hybridized carbons (Fsp3) is 0.364. The lowest BCUT2D eigenvalue weighted by Crippen LogP contribution is -2.04. The molecule has 0 aliphatic heterocycles. The molecule has 1 aromatic carbocycles. The van der Waals surface area contributed by atoms with Gasteiger partial charge in [0, 0.05) is 12.6 Å². The van der Waals surface area contributed by atoms with Crippen molar-refractivity contribution in [3.63, 3.8) is 0 Å². The minimum Gasteiger partial charge on any atom is -0.369 e. The van der Waals surface area contributed by atoms with Crippen LogP contribution in [0.5, 0.6) is 0 Å². The highest BCUT2D eigenvalue weighted by molar-refractivity contribution is 9.10. The molecule has 1 saturated carbocycles. The predicted molar refractivity (Wildman–Crippen MR) is 64.5 cm³/mol. The van der Waals surface area contributed by atoms with Crippen LogP contribution >= 0.6 is 15.9 Å². The first-order chi connectivity index (χ1) is 7.65. The fourth-order valence-corrected chi connectivity index (χ4v) is 2.22. The summed E-state index contributed by atoms with van der Waals surface area (Å²) in [6, 6.07) is 3.16. The molecule has 1 aliphatic carbocycles. The highest BCUT2D eigenvalue weighted by Gasteiger charge is 2.24. The molecule has 0 unspecified atom stereocenters. The quantitative estimate of drug-likeness (QED) is 0.921. The van der Waals surface area contributed by atoms with E-state index in [4.69, 9.17) is 5.73 Å². The van der Waals surface area contributed by atoms with E-state index in [9.17, 15) is 4.39 Å². The number of fused-ring (bicyclic) bond motifs is 1. The molecule has 0 bridgehead atoms. The van der Waals surface area contributed by atoms with Crippen molar-refractivity contribution >= 4 is 32.9 Å². The zero-order valence-corrected chi connectivity index (χ0v) is 10.2. The van der Waals surface area contributed by atoms with E-state index in [0.717, 1.165) is 17.6 Å². The minimum absolute atomic E-state index is 0.274. The van der Waals surface area contributed by atoms with Crippen LogP contribution in [0.15, 0.2) is 16.6 Å². The highest BCUT2D eigenvalue weighted by Crippen LogP contribution is 2.33. The van der Waals surface area contributed by atoms with E-state index in [-0.39, 0.29) is 5.82 Å². The topological polar surface area (TPSA) is 43.8 Å². The first-order valence-electron chi connectivity index (χ1n) is 5.26. The third-order valence-corrected chi connectivity index (χ3v) is 3.57. The smallest absolute Gasteiger partial charge is 0.201 e. The number of anilines is 1. The second kappa shape index (κ2) is 3.45. The Morgan fingerprint density at radius 3 is 2.94 bits per heavy atom. The van der Waals surface area contributed by atoms with Gasteiger partial charge in [0.2, 0.25) is 5.95 Å². The number of nitrogen functional groups attached to an aromatic ring is 1. The number of hydrogen-bond acceptors (Lipinski definition) is 2. The molecular formula is C11H11BrFN3. The Balaban J connectivity index is 2.17. The Kier molecular flexibility index (Phi) is 2.17. The van der Waals surface area contributed by atoms with Crippen molar-refractivity contribution in [3.05, 3.63) is 22.4 Å². The normalized spacial score (nSPS) is 15.9. The van der Waals surface area contributed by atoms with E-state index in [1.54, 1.807) is 6.07 Å². The van der Waals surface area contributed by atoms with Crippen LogP contribution in [0.4, 0.5) is 10.3 Å². The molecule has 1 aromatic heterocycles. The van der Waals surface area contributed by atoms with Gasteiger partial charge in [-0.1, -0.05) is 0 Å². The summed E-state index contributed by atoms with van der Waals surface area (Å²) in [6.45, 7) is 0.851. The predicted octanol–water partition coefficient (Wildman–Crippen LogP) is 2.93. The summed E-state index contributed by atoms with van der Waals surface area (Å²) in [7, 11) is 0. The number of halogens is 2. The van der Waals surface area contributed by atoms with Gasteiger partial charge in [0.05, 0.1) is 15.5 Å². The van der Waals surface area contributed by atoms with Crippen LogP contribution < -0.4 is 5.73 Å². The Bertz CT molecular complexity index is 560. The molecule has 2 N–H and O–H groups in total. The second-order valence-electron chi connectivity index (χ2n) is 4.28. The molecule has 1 aliphatic rings. The summed E-state index contributed by atoms with van der Waals surface area (Å²) < 4.78 is 15.8. The summed E-state index contributed by atoms with van der Waals surface area (Å²) in [6.07, 6.45) is 2.47. The van der Waals surface area contributed by atoms with E-state index in [1.165, 1.54) is 18.9 Å². The van der Waals surface area contributed by atoms with Gasteiger partial charge in [0.1, 0.15) is 5.82 Å². The van der Waals surface area contributed by atoms with Crippen molar-refractivity contribution < 1.29 is 4.39 Å². The van der Waals surface area contributed by atoms with Crippen molar-refractivity contribution in [2.45, 2.75) is 19.4 Å². The molecule has 0 saturated heterocycles. The van der Waals surface area contributed by atoms with Gasteiger partial charge in [-0.3, -0.25) is 0 Å². The summed E-state index contributed by atoms with van der Waals surface area (Å²) in [5, 5.41) is 0. The van der Waals surface area contributed by atoms with E-state index >= 15 is 0 Å². The van der Waals surface area contributed by atoms with Gasteiger partial charge in [-0.25, -0.2) is 9.37 Å². The monoisotopic (exact) mass is 283 g/mol. The Labute approximate surface area is 101 Å². The van der Waals surface area contributed by atoms with Crippen molar-refractivity contribution in [2.75, 3.05) is 5.73 Å². The summed E-state index contributed by atoms with van der Waals surface area (Å²) in [4.78, 5) is 4.24. The summed E-state index contributed by atoms with van der Waals surface area (Å²) >= 11 is 3.15. The molecule has 3 rings (SSSR count). The van der Waals surface area contributed by atoms with Crippen molar-refractivity contribution in [1.29, 1.82) is 0 Å². The van der Waals surface area contributed by atoms with Gasteiger partial charge in [-0.05, 0) is 40.8 Å². The molecule has 0 atom stereocenters. The van der Waals surface area contributed by atoms with E-state index in [1.807, 2.05) is 4.57 Å². The maximum Gasteiger partial charge on any atom is 0.201 e. The van der Waals surface area contributed by atoms with Gasteiger partial charge in [-0.15, -0.1) is 0 Å². The van der Waals surface area contributed by atoms with Crippen LogP contribution in [0.1, 0.15) is 12.8 Å². The summed E-state index contributed by atoms with van der Waals surface area (Å²) in [5.41, 5.74) is 7.37. The SMILES string of the molecule is Nc1nc2cc(Br)c(F)cc2n1CC1CC1. The lowest BCUT2D eigenvalue weighted by atomic mass is 10.3. The Morgan fingerprint density at radius 2 is 2.25 bits per heavy atom. The largest absolute Gasteiger partial charge is 0.369 e. The Morgan fingerprint density at radius 1 is 1.50 bits per heavy atom. The van der Waals surface area contributed by atoms with Crippen LogP contribution in [0.2, 0.25) is 0 Å². The molecule has 1 heterocycles. The van der Waals surface area contributed by atoms with Crippen molar-refractivity contribution in [3.8, 4) is 0 Å². The van der Waals surface area contributed by atoms with Gasteiger partial charge in [0.15, 0.2) is 0 Å². The zero-order chi connectivity index (χ0) is 11.3. The van der Waals surface area contributed by atoms with Gasteiger partial charge >= 0.3 is 0 Å². The molecular weight excluding hydrogens is 273 g/mol. The maximum absolute atomic E-state index is 13.5. The molecule has 5 heteroatoms. The highest BCUT2D eigenvalue weighted by atomic mass is 79.9. The number of imidazole rings is 1. The average Bonchev–Trinajstić information content (AvgIpc) is 2.99. The number of benzene rings is 1. The number of nitrogens with zero attached hydrogens (tertiary/aromatic N) is 2.